The molecule has 0 bridgehead atoms. The first kappa shape index (κ1) is 22.0. The Kier molecular flexibility index (Phi) is 6.23. The van der Waals surface area contributed by atoms with Gasteiger partial charge in [-0.3, -0.25) is 9.59 Å². The molecule has 4 rings (SSSR count). The van der Waals surface area contributed by atoms with E-state index in [4.69, 9.17) is 16.3 Å². The summed E-state index contributed by atoms with van der Waals surface area (Å²) >= 11 is 6.10. The zero-order valence-corrected chi connectivity index (χ0v) is 18.6. The van der Waals surface area contributed by atoms with Crippen molar-refractivity contribution in [2.24, 2.45) is 0 Å². The van der Waals surface area contributed by atoms with Crippen molar-refractivity contribution in [3.63, 3.8) is 0 Å². The Morgan fingerprint density at radius 3 is 2.66 bits per heavy atom. The monoisotopic (exact) mass is 456 g/mol. The zero-order valence-electron chi connectivity index (χ0n) is 17.9. The van der Waals surface area contributed by atoms with Crippen LogP contribution in [0.3, 0.4) is 0 Å². The SMILES string of the molecule is COc1ccc(C[C@@H]2NC(=O)[C@@H]3C[C@H](NC(=O)Nc4ccc(C)c(Cl)c4)CN3C2=O)cc1. The second-order valence-corrected chi connectivity index (χ2v) is 8.52. The summed E-state index contributed by atoms with van der Waals surface area (Å²) in [5.74, 6) is 0.394. The van der Waals surface area contributed by atoms with Crippen LogP contribution in [0.4, 0.5) is 10.5 Å². The number of hydrogen-bond donors (Lipinski definition) is 3. The van der Waals surface area contributed by atoms with Crippen LogP contribution in [0.25, 0.3) is 0 Å². The molecule has 0 spiro atoms. The molecule has 3 atom stereocenters. The number of methoxy groups -OCH3 is 1. The Labute approximate surface area is 191 Å². The maximum atomic E-state index is 13.0. The summed E-state index contributed by atoms with van der Waals surface area (Å²) in [4.78, 5) is 39.6. The van der Waals surface area contributed by atoms with Crippen LogP contribution in [-0.4, -0.2) is 54.5 Å². The van der Waals surface area contributed by atoms with E-state index < -0.39 is 18.1 Å². The van der Waals surface area contributed by atoms with Crippen molar-refractivity contribution < 1.29 is 19.1 Å². The number of nitrogens with one attached hydrogen (secondary N) is 3. The van der Waals surface area contributed by atoms with Crippen LogP contribution < -0.4 is 20.7 Å². The standard InChI is InChI=1S/C23H25ClN4O4/c1-13-3-6-15(10-18(13)24)25-23(31)26-16-11-20-21(29)27-19(22(30)28(20)12-16)9-14-4-7-17(32-2)8-5-14/h3-8,10,16,19-20H,9,11-12H2,1-2H3,(H,27,29)(H2,25,26,31)/t16-,19-,20-/m0/s1. The van der Waals surface area contributed by atoms with Gasteiger partial charge in [0.25, 0.3) is 0 Å². The van der Waals surface area contributed by atoms with Crippen LogP contribution in [0.5, 0.6) is 5.75 Å². The van der Waals surface area contributed by atoms with Gasteiger partial charge >= 0.3 is 6.03 Å². The van der Waals surface area contributed by atoms with Gasteiger partial charge in [0.1, 0.15) is 17.8 Å². The average Bonchev–Trinajstić information content (AvgIpc) is 3.19. The third-order valence-electron chi connectivity index (χ3n) is 5.87. The second-order valence-electron chi connectivity index (χ2n) is 8.11. The van der Waals surface area contributed by atoms with E-state index in [-0.39, 0.29) is 24.4 Å². The Bertz CT molecular complexity index is 1040. The summed E-state index contributed by atoms with van der Waals surface area (Å²) in [5.41, 5.74) is 2.41. The minimum Gasteiger partial charge on any atom is -0.497 e. The van der Waals surface area contributed by atoms with Crippen LogP contribution in [0.15, 0.2) is 42.5 Å². The first-order valence-corrected chi connectivity index (χ1v) is 10.8. The fraction of sp³-hybridized carbons (Fsp3) is 0.348. The molecule has 9 heteroatoms. The Morgan fingerprint density at radius 2 is 1.97 bits per heavy atom. The van der Waals surface area contributed by atoms with Crippen molar-refractivity contribution in [1.29, 1.82) is 0 Å². The molecule has 2 aliphatic rings. The number of carbonyl (C=O) groups excluding carboxylic acids is 3. The minimum absolute atomic E-state index is 0.138. The smallest absolute Gasteiger partial charge is 0.319 e. The van der Waals surface area contributed by atoms with Gasteiger partial charge in [-0.25, -0.2) is 4.79 Å². The summed E-state index contributed by atoms with van der Waals surface area (Å²) in [7, 11) is 1.59. The molecule has 168 valence electrons. The number of carbonyl (C=O) groups is 3. The Balaban J connectivity index is 1.36. The number of piperazine rings is 1. The third kappa shape index (κ3) is 4.65. The number of urea groups is 1. The number of anilines is 1. The van der Waals surface area contributed by atoms with Crippen LogP contribution in [-0.2, 0) is 16.0 Å². The lowest BCUT2D eigenvalue weighted by Crippen LogP contribution is -2.61. The number of rotatable bonds is 5. The molecule has 3 N–H and O–H groups in total. The van der Waals surface area contributed by atoms with Crippen LogP contribution in [0.2, 0.25) is 5.02 Å². The average molecular weight is 457 g/mol. The fourth-order valence-electron chi connectivity index (χ4n) is 4.12. The van der Waals surface area contributed by atoms with Gasteiger partial charge in [0, 0.05) is 23.7 Å². The number of fused-ring (bicyclic) bond motifs is 1. The third-order valence-corrected chi connectivity index (χ3v) is 6.27. The molecule has 0 radical (unpaired) electrons. The highest BCUT2D eigenvalue weighted by atomic mass is 35.5. The lowest BCUT2D eigenvalue weighted by molar-refractivity contribution is -0.147. The predicted molar refractivity (Wildman–Crippen MR) is 121 cm³/mol. The molecular formula is C23H25ClN4O4. The molecule has 2 heterocycles. The molecule has 4 amide bonds. The summed E-state index contributed by atoms with van der Waals surface area (Å²) in [6.45, 7) is 2.17. The Morgan fingerprint density at radius 1 is 1.22 bits per heavy atom. The van der Waals surface area contributed by atoms with Crippen molar-refractivity contribution >= 4 is 35.1 Å². The highest BCUT2D eigenvalue weighted by molar-refractivity contribution is 6.31. The van der Waals surface area contributed by atoms with Gasteiger partial charge in [-0.05, 0) is 48.7 Å². The van der Waals surface area contributed by atoms with Crippen molar-refractivity contribution in [2.45, 2.75) is 37.9 Å². The molecule has 0 saturated carbocycles. The largest absolute Gasteiger partial charge is 0.497 e. The van der Waals surface area contributed by atoms with E-state index in [0.717, 1.165) is 16.9 Å². The maximum absolute atomic E-state index is 13.0. The molecule has 2 aliphatic heterocycles. The molecule has 2 fully saturated rings. The first-order valence-electron chi connectivity index (χ1n) is 10.4. The molecule has 0 aromatic heterocycles. The molecule has 2 saturated heterocycles. The zero-order chi connectivity index (χ0) is 22.8. The normalized spacial score (nSPS) is 22.2. The lowest BCUT2D eigenvalue weighted by Gasteiger charge is -2.34. The van der Waals surface area contributed by atoms with Crippen molar-refractivity contribution in [2.75, 3.05) is 19.0 Å². The number of halogens is 1. The van der Waals surface area contributed by atoms with Gasteiger partial charge in [-0.15, -0.1) is 0 Å². The number of benzene rings is 2. The van der Waals surface area contributed by atoms with Gasteiger partial charge < -0.3 is 25.6 Å². The van der Waals surface area contributed by atoms with Gasteiger partial charge in [-0.1, -0.05) is 29.8 Å². The van der Waals surface area contributed by atoms with Gasteiger partial charge in [0.05, 0.1) is 13.2 Å². The number of amides is 4. The van der Waals surface area contributed by atoms with Gasteiger partial charge in [0.2, 0.25) is 11.8 Å². The molecule has 0 aliphatic carbocycles. The number of ether oxygens (including phenoxy) is 1. The highest BCUT2D eigenvalue weighted by Crippen LogP contribution is 2.25. The summed E-state index contributed by atoms with van der Waals surface area (Å²) in [6.07, 6.45) is 0.763. The summed E-state index contributed by atoms with van der Waals surface area (Å²) < 4.78 is 5.15. The van der Waals surface area contributed by atoms with E-state index in [9.17, 15) is 14.4 Å². The van der Waals surface area contributed by atoms with Crippen molar-refractivity contribution in [1.82, 2.24) is 15.5 Å². The van der Waals surface area contributed by atoms with Gasteiger partial charge in [-0.2, -0.15) is 0 Å². The maximum Gasteiger partial charge on any atom is 0.319 e. The number of aryl methyl sites for hydroxylation is 1. The topological polar surface area (TPSA) is 99.8 Å². The fourth-order valence-corrected chi connectivity index (χ4v) is 4.30. The van der Waals surface area contributed by atoms with E-state index in [1.54, 1.807) is 24.1 Å². The predicted octanol–water partition coefficient (Wildman–Crippen LogP) is 2.49. The molecule has 32 heavy (non-hydrogen) atoms. The lowest BCUT2D eigenvalue weighted by atomic mass is 10.0. The van der Waals surface area contributed by atoms with Gasteiger partial charge in [0.15, 0.2) is 0 Å². The van der Waals surface area contributed by atoms with Crippen LogP contribution in [0.1, 0.15) is 17.5 Å². The van der Waals surface area contributed by atoms with Crippen LogP contribution in [0, 0.1) is 6.92 Å². The summed E-state index contributed by atoms with van der Waals surface area (Å²) in [5, 5.41) is 8.99. The number of hydrogen-bond acceptors (Lipinski definition) is 4. The van der Waals surface area contributed by atoms with E-state index in [0.29, 0.717) is 23.6 Å². The number of nitrogens with zero attached hydrogens (tertiary/aromatic N) is 1. The molecule has 2 aromatic rings. The Hall–Kier alpha value is -3.26. The van der Waals surface area contributed by atoms with E-state index >= 15 is 0 Å². The van der Waals surface area contributed by atoms with E-state index in [2.05, 4.69) is 16.0 Å². The quantitative estimate of drug-likeness (QED) is 0.643. The van der Waals surface area contributed by atoms with Crippen molar-refractivity contribution in [3.8, 4) is 5.75 Å². The highest BCUT2D eigenvalue weighted by Gasteiger charge is 2.46. The summed E-state index contributed by atoms with van der Waals surface area (Å²) in [6, 6.07) is 10.7. The molecule has 8 nitrogen and oxygen atoms in total. The van der Waals surface area contributed by atoms with Crippen LogP contribution >= 0.6 is 11.6 Å². The molecular weight excluding hydrogens is 432 g/mol. The first-order chi connectivity index (χ1) is 15.3. The minimum atomic E-state index is -0.630. The van der Waals surface area contributed by atoms with E-state index in [1.165, 1.54) is 0 Å². The second kappa shape index (κ2) is 9.08. The van der Waals surface area contributed by atoms with Crippen molar-refractivity contribution in [3.05, 3.63) is 58.6 Å². The van der Waals surface area contributed by atoms with E-state index in [1.807, 2.05) is 37.3 Å². The molecule has 2 aromatic carbocycles. The molecule has 0 unspecified atom stereocenters.